The van der Waals surface area contributed by atoms with Crippen LogP contribution in [0.5, 0.6) is 0 Å². The molecule has 1 aromatic heterocycles. The summed E-state index contributed by atoms with van der Waals surface area (Å²) in [6.45, 7) is 0.721. The highest BCUT2D eigenvalue weighted by molar-refractivity contribution is 5.98. The van der Waals surface area contributed by atoms with E-state index in [1.807, 2.05) is 60.4 Å². The van der Waals surface area contributed by atoms with Crippen LogP contribution >= 0.6 is 0 Å². The molecule has 0 amide bonds. The van der Waals surface area contributed by atoms with Crippen LogP contribution in [0.2, 0.25) is 0 Å². The number of aliphatic imine (C=N–C) groups is 1. The van der Waals surface area contributed by atoms with Gasteiger partial charge in [0.2, 0.25) is 0 Å². The lowest BCUT2D eigenvalue weighted by Crippen LogP contribution is -2.19. The van der Waals surface area contributed by atoms with Gasteiger partial charge in [0.05, 0.1) is 12.7 Å². The van der Waals surface area contributed by atoms with E-state index in [1.54, 1.807) is 7.05 Å². The topological polar surface area (TPSA) is 55.1 Å². The monoisotopic (exact) mass is 305 g/mol. The van der Waals surface area contributed by atoms with Crippen LogP contribution in [0.4, 0.5) is 0 Å². The summed E-state index contributed by atoms with van der Waals surface area (Å²) in [5.41, 5.74) is 4.17. The molecule has 3 rings (SSSR count). The minimum absolute atomic E-state index is 0.721. The molecule has 0 unspecified atom stereocenters. The molecule has 0 radical (unpaired) electrons. The average molecular weight is 305 g/mol. The van der Waals surface area contributed by atoms with E-state index in [-0.39, 0.29) is 0 Å². The minimum Gasteiger partial charge on any atom is -0.373 e. The molecule has 2 aromatic carbocycles. The second-order valence-corrected chi connectivity index (χ2v) is 5.19. The zero-order valence-corrected chi connectivity index (χ0v) is 13.3. The van der Waals surface area contributed by atoms with Gasteiger partial charge < -0.3 is 5.32 Å². The Balaban J connectivity index is 1.78. The van der Waals surface area contributed by atoms with Gasteiger partial charge in [0.25, 0.3) is 0 Å². The van der Waals surface area contributed by atoms with E-state index in [9.17, 15) is 0 Å². The number of nitrogens with zero attached hydrogens (tertiary/aromatic N) is 4. The normalized spacial score (nSPS) is 11.5. The van der Waals surface area contributed by atoms with E-state index in [1.165, 1.54) is 5.56 Å². The molecule has 0 saturated heterocycles. The quantitative estimate of drug-likeness (QED) is 0.595. The number of hydrogen-bond acceptors (Lipinski definition) is 3. The van der Waals surface area contributed by atoms with Gasteiger partial charge in [-0.25, -0.2) is 4.68 Å². The molecule has 0 aliphatic rings. The summed E-state index contributed by atoms with van der Waals surface area (Å²) in [6.07, 6.45) is 1.97. The van der Waals surface area contributed by atoms with Crippen molar-refractivity contribution in [1.29, 1.82) is 0 Å². The van der Waals surface area contributed by atoms with Crippen LogP contribution in [0, 0.1) is 0 Å². The maximum Gasteiger partial charge on any atom is 0.127 e. The van der Waals surface area contributed by atoms with Crippen LogP contribution in [-0.2, 0) is 6.54 Å². The number of amidine groups is 1. The summed E-state index contributed by atoms with van der Waals surface area (Å²) in [6, 6.07) is 18.4. The number of benzene rings is 2. The second kappa shape index (κ2) is 6.87. The first-order valence-corrected chi connectivity index (χ1v) is 7.49. The Hall–Kier alpha value is -2.95. The highest BCUT2D eigenvalue weighted by Gasteiger charge is 2.06. The largest absolute Gasteiger partial charge is 0.373 e. The zero-order valence-electron chi connectivity index (χ0n) is 13.3. The van der Waals surface area contributed by atoms with E-state index in [2.05, 4.69) is 32.8 Å². The van der Waals surface area contributed by atoms with Crippen LogP contribution in [0.25, 0.3) is 11.3 Å². The Morgan fingerprint density at radius 2 is 1.83 bits per heavy atom. The van der Waals surface area contributed by atoms with Crippen LogP contribution in [0.3, 0.4) is 0 Å². The third-order valence-corrected chi connectivity index (χ3v) is 3.64. The van der Waals surface area contributed by atoms with Crippen molar-refractivity contribution >= 4 is 5.84 Å². The number of hydrogen-bond donors (Lipinski definition) is 1. The van der Waals surface area contributed by atoms with Gasteiger partial charge in [0, 0.05) is 25.2 Å². The van der Waals surface area contributed by atoms with Gasteiger partial charge in [-0.05, 0) is 5.56 Å². The lowest BCUT2D eigenvalue weighted by Gasteiger charge is -2.05. The molecule has 0 aliphatic heterocycles. The second-order valence-electron chi connectivity index (χ2n) is 5.19. The van der Waals surface area contributed by atoms with Crippen LogP contribution < -0.4 is 5.32 Å². The lowest BCUT2D eigenvalue weighted by atomic mass is 10.1. The predicted molar refractivity (Wildman–Crippen MR) is 92.5 cm³/mol. The summed E-state index contributed by atoms with van der Waals surface area (Å²) in [5, 5.41) is 11.5. The van der Waals surface area contributed by atoms with Gasteiger partial charge in [-0.3, -0.25) is 4.99 Å². The third-order valence-electron chi connectivity index (χ3n) is 3.64. The van der Waals surface area contributed by atoms with Gasteiger partial charge >= 0.3 is 0 Å². The molecule has 5 heteroatoms. The molecular weight excluding hydrogens is 286 g/mol. The minimum atomic E-state index is 0.721. The zero-order chi connectivity index (χ0) is 16.1. The molecule has 0 saturated carbocycles. The van der Waals surface area contributed by atoms with Gasteiger partial charge in [-0.15, -0.1) is 5.10 Å². The van der Waals surface area contributed by atoms with Crippen molar-refractivity contribution in [2.75, 3.05) is 14.1 Å². The molecule has 0 aliphatic carbocycles. The van der Waals surface area contributed by atoms with Crippen molar-refractivity contribution in [2.45, 2.75) is 6.54 Å². The molecular formula is C18H19N5. The Morgan fingerprint density at radius 3 is 2.48 bits per heavy atom. The summed E-state index contributed by atoms with van der Waals surface area (Å²) >= 11 is 0. The first kappa shape index (κ1) is 15.0. The third kappa shape index (κ3) is 3.45. The van der Waals surface area contributed by atoms with Gasteiger partial charge in [-0.2, -0.15) is 0 Å². The fraction of sp³-hybridized carbons (Fsp3) is 0.167. The summed E-state index contributed by atoms with van der Waals surface area (Å²) < 4.78 is 1.85. The molecule has 0 atom stereocenters. The van der Waals surface area contributed by atoms with Gasteiger partial charge in [-0.1, -0.05) is 59.8 Å². The number of aromatic nitrogens is 3. The molecule has 0 fully saturated rings. The molecule has 116 valence electrons. The van der Waals surface area contributed by atoms with Crippen molar-refractivity contribution in [3.05, 3.63) is 71.9 Å². The fourth-order valence-corrected chi connectivity index (χ4v) is 2.46. The van der Waals surface area contributed by atoms with Crippen molar-refractivity contribution in [3.63, 3.8) is 0 Å². The highest BCUT2D eigenvalue weighted by atomic mass is 15.4. The predicted octanol–water partition coefficient (Wildman–Crippen LogP) is 2.59. The van der Waals surface area contributed by atoms with Crippen LogP contribution in [0.15, 0.2) is 65.8 Å². The first-order valence-electron chi connectivity index (χ1n) is 7.49. The molecule has 1 heterocycles. The number of rotatable bonds is 4. The molecule has 1 N–H and O–H groups in total. The van der Waals surface area contributed by atoms with Crippen LogP contribution in [-0.4, -0.2) is 34.9 Å². The van der Waals surface area contributed by atoms with Crippen molar-refractivity contribution in [1.82, 2.24) is 20.3 Å². The van der Waals surface area contributed by atoms with Gasteiger partial charge in [0.1, 0.15) is 11.5 Å². The fourth-order valence-electron chi connectivity index (χ4n) is 2.46. The first-order chi connectivity index (χ1) is 11.3. The Morgan fingerprint density at radius 1 is 1.09 bits per heavy atom. The lowest BCUT2D eigenvalue weighted by molar-refractivity contribution is 0.650. The van der Waals surface area contributed by atoms with E-state index in [0.717, 1.165) is 29.2 Å². The summed E-state index contributed by atoms with van der Waals surface area (Å²) in [5.74, 6) is 0.865. The van der Waals surface area contributed by atoms with Crippen LogP contribution in [0.1, 0.15) is 11.1 Å². The van der Waals surface area contributed by atoms with E-state index in [4.69, 9.17) is 0 Å². The van der Waals surface area contributed by atoms with E-state index >= 15 is 0 Å². The van der Waals surface area contributed by atoms with Gasteiger partial charge in [0.15, 0.2) is 0 Å². The molecule has 5 nitrogen and oxygen atoms in total. The molecule has 0 bridgehead atoms. The summed E-state index contributed by atoms with van der Waals surface area (Å²) in [4.78, 5) is 4.20. The molecule has 23 heavy (non-hydrogen) atoms. The van der Waals surface area contributed by atoms with E-state index < -0.39 is 0 Å². The standard InChI is InChI=1S/C18H19N5/c1-19-18(20-2)16-10-8-15(9-11-16)17-13-23(22-21-17)12-14-6-4-3-5-7-14/h3-11,13H,12H2,1-2H3,(H,19,20). The molecule has 0 spiro atoms. The van der Waals surface area contributed by atoms with Crippen molar-refractivity contribution < 1.29 is 0 Å². The smallest absolute Gasteiger partial charge is 0.127 e. The average Bonchev–Trinajstić information content (AvgIpc) is 3.06. The van der Waals surface area contributed by atoms with Crippen molar-refractivity contribution in [3.8, 4) is 11.3 Å². The van der Waals surface area contributed by atoms with E-state index in [0.29, 0.717) is 0 Å². The Bertz CT molecular complexity index is 788. The maximum atomic E-state index is 4.26. The number of nitrogens with one attached hydrogen (secondary N) is 1. The SMILES string of the molecule is CN=C(NC)c1ccc(-c2cn(Cc3ccccc3)nn2)cc1. The Kier molecular flexibility index (Phi) is 4.47. The highest BCUT2D eigenvalue weighted by Crippen LogP contribution is 2.17. The van der Waals surface area contributed by atoms with Crippen molar-refractivity contribution in [2.24, 2.45) is 4.99 Å². The summed E-state index contributed by atoms with van der Waals surface area (Å²) in [7, 11) is 3.64. The molecule has 3 aromatic rings. The maximum absolute atomic E-state index is 4.26. The Labute approximate surface area is 135 Å².